The molecule has 8 heteroatoms. The van der Waals surface area contributed by atoms with Crippen molar-refractivity contribution in [3.05, 3.63) is 35.3 Å². The smallest absolute Gasteiger partial charge is 0.147 e. The van der Waals surface area contributed by atoms with Gasteiger partial charge >= 0.3 is 0 Å². The zero-order chi connectivity index (χ0) is 26.2. The lowest BCUT2D eigenvalue weighted by molar-refractivity contribution is -0.106. The van der Waals surface area contributed by atoms with E-state index in [1.54, 1.807) is 6.07 Å². The average Bonchev–Trinajstić information content (AvgIpc) is 3.29. The highest BCUT2D eigenvalue weighted by molar-refractivity contribution is 6.16. The summed E-state index contributed by atoms with van der Waals surface area (Å²) in [6.07, 6.45) is 17.2. The summed E-state index contributed by atoms with van der Waals surface area (Å²) in [6.45, 7) is 5.49. The summed E-state index contributed by atoms with van der Waals surface area (Å²) >= 11 is 0. The number of amidine groups is 2. The van der Waals surface area contributed by atoms with Crippen molar-refractivity contribution in [1.29, 1.82) is 0 Å². The molecule has 2 heterocycles. The Morgan fingerprint density at radius 2 is 1.86 bits per heavy atom. The molecule has 0 spiro atoms. The van der Waals surface area contributed by atoms with Crippen molar-refractivity contribution in [3.8, 4) is 12.8 Å². The van der Waals surface area contributed by atoms with E-state index < -0.39 is 0 Å². The first kappa shape index (κ1) is 27.6. The van der Waals surface area contributed by atoms with Gasteiger partial charge in [-0.05, 0) is 76.7 Å². The number of terminal acetylenes is 1. The van der Waals surface area contributed by atoms with E-state index in [-0.39, 0.29) is 5.82 Å². The number of hydrogen-bond donors (Lipinski definition) is 2. The second-order valence-electron chi connectivity index (χ2n) is 10.1. The minimum absolute atomic E-state index is 0.228. The predicted octanol–water partition coefficient (Wildman–Crippen LogP) is 4.18. The molecule has 1 unspecified atom stereocenters. The van der Waals surface area contributed by atoms with Crippen molar-refractivity contribution in [2.75, 3.05) is 34.0 Å². The Morgan fingerprint density at radius 3 is 2.50 bits per heavy atom. The topological polar surface area (TPSA) is 76.1 Å². The van der Waals surface area contributed by atoms with Crippen LogP contribution in [0.1, 0.15) is 50.2 Å². The van der Waals surface area contributed by atoms with Crippen LogP contribution in [0.25, 0.3) is 10.9 Å². The number of aryl methyl sites for hydroxylation is 1. The molecule has 6 rings (SSSR count). The minimum atomic E-state index is -0.228. The molecule has 0 radical (unpaired) electrons. The van der Waals surface area contributed by atoms with Crippen molar-refractivity contribution < 1.29 is 9.18 Å². The molecule has 2 N–H and O–H groups in total. The van der Waals surface area contributed by atoms with Crippen LogP contribution in [0.15, 0.2) is 28.3 Å². The molecule has 194 valence electrons. The number of carbonyl (C=O) groups is 1. The molecule has 0 saturated heterocycles. The summed E-state index contributed by atoms with van der Waals surface area (Å²) in [5.74, 6) is 3.06. The number of carbonyl (C=O) groups excluding carboxylic acids is 1. The molecule has 4 aliphatic rings. The normalized spacial score (nSPS) is 27.2. The summed E-state index contributed by atoms with van der Waals surface area (Å²) in [5, 5.41) is 4.43. The van der Waals surface area contributed by atoms with Gasteiger partial charge in [0.15, 0.2) is 0 Å². The maximum Gasteiger partial charge on any atom is 0.147 e. The fraction of sp³-hybridized carbons (Fsp3) is 0.536. The average molecular weight is 495 g/mol. The Morgan fingerprint density at radius 1 is 1.17 bits per heavy atom. The van der Waals surface area contributed by atoms with Crippen LogP contribution >= 0.6 is 0 Å². The third-order valence-electron chi connectivity index (χ3n) is 7.11. The van der Waals surface area contributed by atoms with Crippen LogP contribution in [-0.2, 0) is 4.79 Å². The molecular formula is C28H39FN6O. The number of nitrogens with one attached hydrogen (secondary N) is 2. The van der Waals surface area contributed by atoms with Crippen molar-refractivity contribution in [1.82, 2.24) is 20.1 Å². The van der Waals surface area contributed by atoms with Gasteiger partial charge in [0.1, 0.15) is 23.8 Å². The molecule has 0 amide bonds. The highest BCUT2D eigenvalue weighted by atomic mass is 19.1. The fourth-order valence-electron chi connectivity index (χ4n) is 5.62. The number of nitrogens with zero attached hydrogens (tertiary/aromatic N) is 4. The number of H-pyrrole nitrogens is 1. The molecule has 1 aromatic heterocycles. The third kappa shape index (κ3) is 6.59. The number of benzene rings is 1. The summed E-state index contributed by atoms with van der Waals surface area (Å²) < 4.78 is 14.5. The van der Waals surface area contributed by atoms with Crippen LogP contribution < -0.4 is 5.32 Å². The Hall–Kier alpha value is -3.02. The molecular weight excluding hydrogens is 455 g/mol. The van der Waals surface area contributed by atoms with Crippen molar-refractivity contribution >= 4 is 28.9 Å². The highest BCUT2D eigenvalue weighted by Gasteiger charge is 2.35. The van der Waals surface area contributed by atoms with Crippen molar-refractivity contribution in [2.24, 2.45) is 21.8 Å². The first-order valence-corrected chi connectivity index (χ1v) is 12.6. The van der Waals surface area contributed by atoms with E-state index in [2.05, 4.69) is 47.0 Å². The highest BCUT2D eigenvalue weighted by Crippen LogP contribution is 2.42. The van der Waals surface area contributed by atoms with Gasteiger partial charge in [-0.2, -0.15) is 0 Å². The molecule has 3 saturated carbocycles. The van der Waals surface area contributed by atoms with Gasteiger partial charge in [-0.1, -0.05) is 12.8 Å². The van der Waals surface area contributed by atoms with Gasteiger partial charge < -0.3 is 15.1 Å². The van der Waals surface area contributed by atoms with Gasteiger partial charge in [-0.3, -0.25) is 19.8 Å². The van der Waals surface area contributed by atoms with E-state index in [1.807, 2.05) is 19.2 Å². The molecule has 1 atom stereocenters. The van der Waals surface area contributed by atoms with Gasteiger partial charge in [-0.15, -0.1) is 12.8 Å². The Bertz CT molecular complexity index is 1110. The quantitative estimate of drug-likeness (QED) is 0.485. The standard InChI is InChI=1S/C24H33FN6.C2H4O.C2H2/c1-15-8-18-19(11-26-23(18)20(25)9-15)24-27-13-31(3)14-30(2)12-22(29-24)28-21-10-16-4-6-17(21)7-5-16;1-2-3;1-2/h8-9,11,16-17,21,26H,4-7,10,12-14H2,1-3H3,(H,27,28,29);2H,1H3;1-2H. The number of halogens is 1. The number of aldehydes is 1. The molecule has 7 nitrogen and oxygen atoms in total. The van der Waals surface area contributed by atoms with Crippen molar-refractivity contribution in [2.45, 2.75) is 52.0 Å². The summed E-state index contributed by atoms with van der Waals surface area (Å²) in [4.78, 5) is 26.5. The van der Waals surface area contributed by atoms with E-state index in [0.29, 0.717) is 24.1 Å². The minimum Gasteiger partial charge on any atom is -0.358 e. The second kappa shape index (κ2) is 12.8. The van der Waals surface area contributed by atoms with Crippen LogP contribution in [0.5, 0.6) is 0 Å². The summed E-state index contributed by atoms with van der Waals surface area (Å²) in [7, 11) is 4.19. The van der Waals surface area contributed by atoms with Gasteiger partial charge in [0.05, 0.1) is 31.4 Å². The largest absolute Gasteiger partial charge is 0.358 e. The van der Waals surface area contributed by atoms with Crippen LogP contribution in [0.3, 0.4) is 0 Å². The van der Waals surface area contributed by atoms with Crippen LogP contribution in [0.2, 0.25) is 0 Å². The molecule has 36 heavy (non-hydrogen) atoms. The van der Waals surface area contributed by atoms with Crippen LogP contribution in [-0.4, -0.2) is 72.8 Å². The second-order valence-corrected chi connectivity index (χ2v) is 10.1. The first-order valence-electron chi connectivity index (χ1n) is 12.6. The number of aliphatic imine (C=N–C) groups is 2. The van der Waals surface area contributed by atoms with Gasteiger partial charge in [-0.25, -0.2) is 4.39 Å². The number of hydrogen-bond acceptors (Lipinski definition) is 5. The lowest BCUT2D eigenvalue weighted by Gasteiger charge is -2.40. The van der Waals surface area contributed by atoms with E-state index in [9.17, 15) is 4.39 Å². The van der Waals surface area contributed by atoms with E-state index in [4.69, 9.17) is 14.8 Å². The Balaban J connectivity index is 0.000000674. The van der Waals surface area contributed by atoms with Gasteiger partial charge in [0, 0.05) is 17.1 Å². The van der Waals surface area contributed by atoms with Crippen molar-refractivity contribution in [3.63, 3.8) is 0 Å². The van der Waals surface area contributed by atoms with E-state index in [0.717, 1.165) is 53.6 Å². The monoisotopic (exact) mass is 494 g/mol. The predicted molar refractivity (Wildman–Crippen MR) is 146 cm³/mol. The summed E-state index contributed by atoms with van der Waals surface area (Å²) in [6, 6.07) is 3.99. The Labute approximate surface area is 214 Å². The number of aromatic nitrogens is 1. The Kier molecular flexibility index (Phi) is 9.80. The molecule has 1 aromatic carbocycles. The fourth-order valence-corrected chi connectivity index (χ4v) is 5.62. The van der Waals surface area contributed by atoms with E-state index >= 15 is 0 Å². The lowest BCUT2D eigenvalue weighted by atomic mass is 9.68. The van der Waals surface area contributed by atoms with Crippen LogP contribution in [0.4, 0.5) is 4.39 Å². The zero-order valence-corrected chi connectivity index (χ0v) is 21.9. The van der Waals surface area contributed by atoms with Crippen LogP contribution in [0, 0.1) is 37.4 Å². The molecule has 2 bridgehead atoms. The maximum absolute atomic E-state index is 14.5. The first-order chi connectivity index (χ1) is 17.4. The van der Waals surface area contributed by atoms with Gasteiger partial charge in [0.25, 0.3) is 0 Å². The molecule has 1 aliphatic heterocycles. The number of fused-ring (bicyclic) bond motifs is 4. The summed E-state index contributed by atoms with van der Waals surface area (Å²) in [5.41, 5.74) is 2.32. The maximum atomic E-state index is 14.5. The molecule has 2 aromatic rings. The lowest BCUT2D eigenvalue weighted by Crippen LogP contribution is -2.43. The number of likely N-dealkylation sites (N-methyl/N-ethyl adjacent to an activating group) is 1. The SMILES string of the molecule is C#C.CC=O.Cc1cc(F)c2[nH]cc(/C3=N/CN(C)CN(C)CC(=NC4CC5CCC4CC5)N3)c2c1. The third-order valence-corrected chi connectivity index (χ3v) is 7.11. The van der Waals surface area contributed by atoms with Gasteiger partial charge in [0.2, 0.25) is 0 Å². The number of aromatic amines is 1. The van der Waals surface area contributed by atoms with E-state index in [1.165, 1.54) is 39.0 Å². The number of rotatable bonds is 2. The zero-order valence-electron chi connectivity index (χ0n) is 21.9. The molecule has 3 aliphatic carbocycles. The molecule has 3 fully saturated rings.